The van der Waals surface area contributed by atoms with Gasteiger partial charge in [-0.3, -0.25) is 4.72 Å². The van der Waals surface area contributed by atoms with Crippen LogP contribution in [0.25, 0.3) is 0 Å². The van der Waals surface area contributed by atoms with Gasteiger partial charge in [-0.2, -0.15) is 8.42 Å². The summed E-state index contributed by atoms with van der Waals surface area (Å²) in [6.07, 6.45) is 3.64. The van der Waals surface area contributed by atoms with Crippen molar-refractivity contribution < 1.29 is 8.42 Å². The fraction of sp³-hybridized carbons (Fsp3) is 0.500. The molecule has 66 valence electrons. The van der Waals surface area contributed by atoms with Crippen LogP contribution in [0.3, 0.4) is 0 Å². The third kappa shape index (κ3) is 1.42. The van der Waals surface area contributed by atoms with Crippen LogP contribution in [-0.4, -0.2) is 14.3 Å². The molecule has 1 aliphatic carbocycles. The van der Waals surface area contributed by atoms with Gasteiger partial charge in [0.2, 0.25) is 0 Å². The number of nitrogens with one attached hydrogen (secondary N) is 1. The van der Waals surface area contributed by atoms with Crippen LogP contribution in [0, 0.1) is 5.92 Å². The number of allylic oxidation sites excluding steroid dienone is 1. The van der Waals surface area contributed by atoms with Gasteiger partial charge in [0.1, 0.15) is 5.84 Å². The highest BCUT2D eigenvalue weighted by Gasteiger charge is 2.30. The van der Waals surface area contributed by atoms with Crippen LogP contribution in [0.4, 0.5) is 0 Å². The highest BCUT2D eigenvalue weighted by atomic mass is 32.2. The van der Waals surface area contributed by atoms with Crippen LogP contribution in [0.15, 0.2) is 16.2 Å². The molecule has 5 nitrogen and oxygen atoms in total. The molecule has 0 aromatic rings. The van der Waals surface area contributed by atoms with Crippen LogP contribution in [0.2, 0.25) is 0 Å². The first-order chi connectivity index (χ1) is 5.57. The number of amidine groups is 1. The van der Waals surface area contributed by atoms with E-state index in [1.807, 2.05) is 0 Å². The van der Waals surface area contributed by atoms with Crippen molar-refractivity contribution in [2.24, 2.45) is 16.0 Å². The molecule has 0 bridgehead atoms. The van der Waals surface area contributed by atoms with E-state index in [9.17, 15) is 8.42 Å². The molecule has 0 atom stereocenters. The standard InChI is InChI=1S/C6H9N3O2S/c7-6-3-5(4-1-2-4)8-12(10,11)9-6/h3-4,8H,1-2H2,(H2,7,9). The van der Waals surface area contributed by atoms with Crippen molar-refractivity contribution in [1.82, 2.24) is 4.72 Å². The summed E-state index contributed by atoms with van der Waals surface area (Å²) in [5.41, 5.74) is 6.00. The first-order valence-electron chi connectivity index (χ1n) is 3.66. The first kappa shape index (κ1) is 7.60. The van der Waals surface area contributed by atoms with Gasteiger partial charge in [-0.05, 0) is 18.8 Å². The van der Waals surface area contributed by atoms with Gasteiger partial charge in [-0.15, -0.1) is 4.40 Å². The fourth-order valence-corrected chi connectivity index (χ4v) is 2.02. The van der Waals surface area contributed by atoms with Crippen LogP contribution in [-0.2, 0) is 10.2 Å². The molecule has 1 fully saturated rings. The zero-order valence-corrected chi connectivity index (χ0v) is 7.13. The molecule has 12 heavy (non-hydrogen) atoms. The highest BCUT2D eigenvalue weighted by Crippen LogP contribution is 2.35. The van der Waals surface area contributed by atoms with Gasteiger partial charge in [-0.25, -0.2) is 0 Å². The molecule has 6 heteroatoms. The Hall–Kier alpha value is -1.04. The van der Waals surface area contributed by atoms with Crippen molar-refractivity contribution in [1.29, 1.82) is 0 Å². The molecule has 2 aliphatic rings. The Kier molecular flexibility index (Phi) is 1.41. The van der Waals surface area contributed by atoms with Crippen LogP contribution in [0.5, 0.6) is 0 Å². The molecule has 2 rings (SSSR count). The molecule has 0 spiro atoms. The smallest absolute Gasteiger partial charge is 0.343 e. The predicted octanol–water partition coefficient (Wildman–Crippen LogP) is -0.514. The normalized spacial score (nSPS) is 27.0. The first-order valence-corrected chi connectivity index (χ1v) is 5.10. The maximum Gasteiger partial charge on any atom is 0.343 e. The molecular weight excluding hydrogens is 178 g/mol. The van der Waals surface area contributed by atoms with Crippen LogP contribution >= 0.6 is 0 Å². The van der Waals surface area contributed by atoms with Crippen molar-refractivity contribution in [3.63, 3.8) is 0 Å². The predicted molar refractivity (Wildman–Crippen MR) is 44.5 cm³/mol. The molecule has 0 unspecified atom stereocenters. The molecule has 0 aromatic heterocycles. The zero-order valence-electron chi connectivity index (χ0n) is 6.32. The number of nitrogens with two attached hydrogens (primary N) is 1. The maximum absolute atomic E-state index is 11.0. The van der Waals surface area contributed by atoms with Crippen LogP contribution in [0.1, 0.15) is 12.8 Å². The summed E-state index contributed by atoms with van der Waals surface area (Å²) >= 11 is 0. The average molecular weight is 187 g/mol. The van der Waals surface area contributed by atoms with Crippen molar-refractivity contribution in [3.8, 4) is 0 Å². The third-order valence-electron chi connectivity index (χ3n) is 1.79. The van der Waals surface area contributed by atoms with E-state index in [-0.39, 0.29) is 5.84 Å². The van der Waals surface area contributed by atoms with E-state index in [4.69, 9.17) is 5.73 Å². The second-order valence-electron chi connectivity index (χ2n) is 2.97. The minimum Gasteiger partial charge on any atom is -0.383 e. The lowest BCUT2D eigenvalue weighted by Crippen LogP contribution is -2.30. The second-order valence-corrected chi connectivity index (χ2v) is 4.30. The number of nitrogens with zero attached hydrogens (tertiary/aromatic N) is 1. The summed E-state index contributed by atoms with van der Waals surface area (Å²) in [7, 11) is -3.54. The summed E-state index contributed by atoms with van der Waals surface area (Å²) in [4.78, 5) is 0. The fourth-order valence-electron chi connectivity index (χ4n) is 1.12. The molecule has 1 aliphatic heterocycles. The van der Waals surface area contributed by atoms with Gasteiger partial charge in [0.05, 0.1) is 0 Å². The Labute approximate surface area is 70.5 Å². The summed E-state index contributed by atoms with van der Waals surface area (Å²) < 4.78 is 27.6. The van der Waals surface area contributed by atoms with Crippen molar-refractivity contribution in [2.75, 3.05) is 0 Å². The van der Waals surface area contributed by atoms with E-state index < -0.39 is 10.2 Å². The molecule has 0 aromatic carbocycles. The van der Waals surface area contributed by atoms with Gasteiger partial charge < -0.3 is 5.73 Å². The maximum atomic E-state index is 11.0. The summed E-state index contributed by atoms with van der Waals surface area (Å²) in [6.45, 7) is 0. The van der Waals surface area contributed by atoms with Crippen molar-refractivity contribution in [3.05, 3.63) is 11.8 Å². The number of rotatable bonds is 1. The van der Waals surface area contributed by atoms with Gasteiger partial charge in [-0.1, -0.05) is 0 Å². The van der Waals surface area contributed by atoms with E-state index >= 15 is 0 Å². The SMILES string of the molecule is NC1=NS(=O)(=O)NC(C2CC2)=C1. The second kappa shape index (κ2) is 2.22. The average Bonchev–Trinajstić information content (AvgIpc) is 2.61. The van der Waals surface area contributed by atoms with Gasteiger partial charge >= 0.3 is 10.2 Å². The van der Waals surface area contributed by atoms with Crippen molar-refractivity contribution >= 4 is 16.0 Å². The van der Waals surface area contributed by atoms with E-state index in [0.29, 0.717) is 11.6 Å². The largest absolute Gasteiger partial charge is 0.383 e. The lowest BCUT2D eigenvalue weighted by Gasteiger charge is -2.12. The molecule has 1 heterocycles. The molecular formula is C6H9N3O2S. The zero-order chi connectivity index (χ0) is 8.77. The van der Waals surface area contributed by atoms with Crippen molar-refractivity contribution in [2.45, 2.75) is 12.8 Å². The van der Waals surface area contributed by atoms with E-state index in [2.05, 4.69) is 9.12 Å². The monoisotopic (exact) mass is 187 g/mol. The van der Waals surface area contributed by atoms with E-state index in [1.165, 1.54) is 0 Å². The molecule has 0 saturated heterocycles. The topological polar surface area (TPSA) is 84.5 Å². The minimum atomic E-state index is -3.54. The Bertz CT molecular complexity index is 364. The van der Waals surface area contributed by atoms with Crippen LogP contribution < -0.4 is 10.5 Å². The number of hydrogen-bond donors (Lipinski definition) is 2. The third-order valence-corrected chi connectivity index (χ3v) is 2.74. The molecule has 0 radical (unpaired) electrons. The Balaban J connectivity index is 2.33. The van der Waals surface area contributed by atoms with Gasteiger partial charge in [0.25, 0.3) is 0 Å². The summed E-state index contributed by atoms with van der Waals surface area (Å²) in [5.74, 6) is 0.407. The molecule has 1 saturated carbocycles. The summed E-state index contributed by atoms with van der Waals surface area (Å²) in [6, 6.07) is 0. The lowest BCUT2D eigenvalue weighted by atomic mass is 10.3. The number of hydrogen-bond acceptors (Lipinski definition) is 3. The quantitative estimate of drug-likeness (QED) is 0.579. The van der Waals surface area contributed by atoms with E-state index in [0.717, 1.165) is 12.8 Å². The van der Waals surface area contributed by atoms with E-state index in [1.54, 1.807) is 6.08 Å². The Morgan fingerprint density at radius 3 is 2.75 bits per heavy atom. The molecule has 0 amide bonds. The summed E-state index contributed by atoms with van der Waals surface area (Å²) in [5, 5.41) is 0. The van der Waals surface area contributed by atoms with Gasteiger partial charge in [0, 0.05) is 11.8 Å². The minimum absolute atomic E-state index is 0.0654. The highest BCUT2D eigenvalue weighted by molar-refractivity contribution is 7.88. The van der Waals surface area contributed by atoms with Gasteiger partial charge in [0.15, 0.2) is 0 Å². The lowest BCUT2D eigenvalue weighted by molar-refractivity contribution is 0.587. The Morgan fingerprint density at radius 2 is 2.25 bits per heavy atom. The molecule has 3 N–H and O–H groups in total. The Morgan fingerprint density at radius 1 is 1.58 bits per heavy atom.